The zero-order valence-corrected chi connectivity index (χ0v) is 19.9. The molecule has 8 heteroatoms. The van der Waals surface area contributed by atoms with E-state index in [0.717, 1.165) is 27.1 Å². The van der Waals surface area contributed by atoms with Crippen LogP contribution in [0.5, 0.6) is 0 Å². The summed E-state index contributed by atoms with van der Waals surface area (Å²) < 4.78 is 2.70. The summed E-state index contributed by atoms with van der Waals surface area (Å²) in [5.74, 6) is 0.634. The van der Waals surface area contributed by atoms with E-state index < -0.39 is 0 Å². The van der Waals surface area contributed by atoms with Gasteiger partial charge in [-0.25, -0.2) is 5.43 Å². The second kappa shape index (κ2) is 11.4. The first-order valence-electron chi connectivity index (χ1n) is 10.1. The summed E-state index contributed by atoms with van der Waals surface area (Å²) in [5, 5.41) is 13.4. The summed E-state index contributed by atoms with van der Waals surface area (Å²) in [6, 6.07) is 29.5. The molecule has 0 saturated carbocycles. The number of nitrogens with zero attached hydrogens (tertiary/aromatic N) is 4. The number of hydrogen-bond donors (Lipinski definition) is 1. The maximum absolute atomic E-state index is 12.3. The van der Waals surface area contributed by atoms with Crippen molar-refractivity contribution in [3.05, 3.63) is 101 Å². The Morgan fingerprint density at radius 1 is 0.939 bits per heavy atom. The van der Waals surface area contributed by atoms with Gasteiger partial charge in [0.1, 0.15) is 0 Å². The molecule has 0 aliphatic carbocycles. The van der Waals surface area contributed by atoms with Gasteiger partial charge in [0.05, 0.1) is 12.0 Å². The van der Waals surface area contributed by atoms with E-state index in [1.165, 1.54) is 11.8 Å². The maximum atomic E-state index is 12.3. The third-order valence-electron chi connectivity index (χ3n) is 4.49. The molecule has 4 rings (SSSR count). The molecule has 1 aromatic heterocycles. The Kier molecular flexibility index (Phi) is 7.84. The van der Waals surface area contributed by atoms with Crippen molar-refractivity contribution < 1.29 is 4.79 Å². The van der Waals surface area contributed by atoms with Crippen LogP contribution in [0.15, 0.2) is 106 Å². The predicted molar refractivity (Wildman–Crippen MR) is 137 cm³/mol. The quantitative estimate of drug-likeness (QED) is 0.188. The van der Waals surface area contributed by atoms with Gasteiger partial charge in [0.15, 0.2) is 11.0 Å². The van der Waals surface area contributed by atoms with Gasteiger partial charge >= 0.3 is 0 Å². The number of hydrazone groups is 1. The lowest BCUT2D eigenvalue weighted by atomic mass is 10.2. The molecule has 0 aliphatic heterocycles. The number of carbonyl (C=O) groups excluding carboxylic acids is 1. The molecule has 0 spiro atoms. The SMILES string of the molecule is O=C(CSc1nnc(-c2ccccc2)n1-c1ccccc1)N/N=C/C(Br)=C/c1ccccc1. The number of halogens is 1. The van der Waals surface area contributed by atoms with Gasteiger partial charge in [-0.05, 0) is 39.7 Å². The molecule has 3 aromatic carbocycles. The van der Waals surface area contributed by atoms with Gasteiger partial charge in [0.25, 0.3) is 5.91 Å². The Balaban J connectivity index is 1.43. The molecule has 4 aromatic rings. The summed E-state index contributed by atoms with van der Waals surface area (Å²) >= 11 is 4.74. The van der Waals surface area contributed by atoms with Gasteiger partial charge in [-0.15, -0.1) is 10.2 Å². The highest BCUT2D eigenvalue weighted by Gasteiger charge is 2.16. The lowest BCUT2D eigenvalue weighted by molar-refractivity contribution is -0.118. The van der Waals surface area contributed by atoms with Crippen LogP contribution in [-0.4, -0.2) is 32.6 Å². The van der Waals surface area contributed by atoms with Gasteiger partial charge in [-0.2, -0.15) is 5.10 Å². The molecule has 0 bridgehead atoms. The summed E-state index contributed by atoms with van der Waals surface area (Å²) in [6.07, 6.45) is 3.47. The van der Waals surface area contributed by atoms with E-state index in [2.05, 4.69) is 36.7 Å². The second-order valence-corrected chi connectivity index (χ2v) is 8.72. The van der Waals surface area contributed by atoms with Crippen molar-refractivity contribution >= 4 is 45.9 Å². The van der Waals surface area contributed by atoms with Crippen molar-refractivity contribution in [2.24, 2.45) is 5.10 Å². The molecule has 0 saturated heterocycles. The fraction of sp³-hybridized carbons (Fsp3) is 0.0400. The van der Waals surface area contributed by atoms with Crippen molar-refractivity contribution in [2.45, 2.75) is 5.16 Å². The van der Waals surface area contributed by atoms with Crippen LogP contribution in [0.4, 0.5) is 0 Å². The van der Waals surface area contributed by atoms with E-state index in [-0.39, 0.29) is 11.7 Å². The van der Waals surface area contributed by atoms with Crippen LogP contribution in [-0.2, 0) is 4.79 Å². The topological polar surface area (TPSA) is 72.2 Å². The molecule has 33 heavy (non-hydrogen) atoms. The van der Waals surface area contributed by atoms with Crippen LogP contribution in [0.3, 0.4) is 0 Å². The highest BCUT2D eigenvalue weighted by molar-refractivity contribution is 9.12. The fourth-order valence-electron chi connectivity index (χ4n) is 3.02. The van der Waals surface area contributed by atoms with E-state index in [4.69, 9.17) is 0 Å². The minimum absolute atomic E-state index is 0.150. The van der Waals surface area contributed by atoms with E-state index in [1.54, 1.807) is 6.21 Å². The summed E-state index contributed by atoms with van der Waals surface area (Å²) in [7, 11) is 0. The zero-order chi connectivity index (χ0) is 22.9. The van der Waals surface area contributed by atoms with E-state index in [9.17, 15) is 4.79 Å². The van der Waals surface area contributed by atoms with E-state index in [0.29, 0.717) is 5.16 Å². The molecular weight excluding hydrogens is 498 g/mol. The van der Waals surface area contributed by atoms with Crippen molar-refractivity contribution in [3.63, 3.8) is 0 Å². The lowest BCUT2D eigenvalue weighted by Gasteiger charge is -2.10. The second-order valence-electron chi connectivity index (χ2n) is 6.86. The van der Waals surface area contributed by atoms with Gasteiger partial charge in [-0.1, -0.05) is 90.6 Å². The normalized spacial score (nSPS) is 11.6. The number of thioether (sulfide) groups is 1. The minimum atomic E-state index is -0.236. The Bertz CT molecular complexity index is 1260. The van der Waals surface area contributed by atoms with Crippen LogP contribution in [0.1, 0.15) is 5.56 Å². The van der Waals surface area contributed by atoms with Crippen LogP contribution in [0.25, 0.3) is 23.2 Å². The third-order valence-corrected chi connectivity index (χ3v) is 5.86. The molecular formula is C25H20BrN5OS. The standard InChI is InChI=1S/C25H20BrN5OS/c26-21(16-19-10-4-1-5-11-19)17-27-28-23(32)18-33-25-30-29-24(20-12-6-2-7-13-20)31(25)22-14-8-3-9-15-22/h1-17H,18H2,(H,28,32)/b21-16-,27-17+. The smallest absolute Gasteiger partial charge is 0.250 e. The molecule has 0 aliphatic rings. The summed E-state index contributed by atoms with van der Waals surface area (Å²) in [5.41, 5.74) is 5.46. The van der Waals surface area contributed by atoms with Crippen LogP contribution >= 0.6 is 27.7 Å². The van der Waals surface area contributed by atoms with Crippen LogP contribution < -0.4 is 5.43 Å². The number of nitrogens with one attached hydrogen (secondary N) is 1. The molecule has 0 fully saturated rings. The molecule has 1 N–H and O–H groups in total. The van der Waals surface area contributed by atoms with Crippen LogP contribution in [0, 0.1) is 0 Å². The molecule has 0 unspecified atom stereocenters. The predicted octanol–water partition coefficient (Wildman–Crippen LogP) is 5.56. The van der Waals surface area contributed by atoms with E-state index in [1.807, 2.05) is 102 Å². The molecule has 1 amide bonds. The average Bonchev–Trinajstić information content (AvgIpc) is 3.28. The van der Waals surface area contributed by atoms with Crippen molar-refractivity contribution in [2.75, 3.05) is 5.75 Å². The highest BCUT2D eigenvalue weighted by atomic mass is 79.9. The van der Waals surface area contributed by atoms with Crippen molar-refractivity contribution in [3.8, 4) is 17.1 Å². The number of aromatic nitrogens is 3. The number of para-hydroxylation sites is 1. The Labute approximate surface area is 204 Å². The van der Waals surface area contributed by atoms with E-state index >= 15 is 0 Å². The first-order chi connectivity index (χ1) is 16.2. The molecule has 164 valence electrons. The van der Waals surface area contributed by atoms with Gasteiger partial charge < -0.3 is 0 Å². The van der Waals surface area contributed by atoms with Gasteiger partial charge in [0.2, 0.25) is 0 Å². The molecule has 0 atom stereocenters. The Hall–Kier alpha value is -3.49. The summed E-state index contributed by atoms with van der Waals surface area (Å²) in [6.45, 7) is 0. The third kappa shape index (κ3) is 6.27. The first kappa shape index (κ1) is 22.7. The number of amides is 1. The van der Waals surface area contributed by atoms with Crippen molar-refractivity contribution in [1.29, 1.82) is 0 Å². The number of benzene rings is 3. The van der Waals surface area contributed by atoms with Gasteiger partial charge in [0, 0.05) is 15.7 Å². The first-order valence-corrected chi connectivity index (χ1v) is 11.9. The molecule has 1 heterocycles. The highest BCUT2D eigenvalue weighted by Crippen LogP contribution is 2.27. The fourth-order valence-corrected chi connectivity index (χ4v) is 4.13. The number of rotatable bonds is 8. The Morgan fingerprint density at radius 2 is 1.58 bits per heavy atom. The van der Waals surface area contributed by atoms with Crippen molar-refractivity contribution in [1.82, 2.24) is 20.2 Å². The summed E-state index contributed by atoms with van der Waals surface area (Å²) in [4.78, 5) is 12.3. The van der Waals surface area contributed by atoms with Crippen LogP contribution in [0.2, 0.25) is 0 Å². The minimum Gasteiger partial charge on any atom is -0.272 e. The number of hydrogen-bond acceptors (Lipinski definition) is 5. The lowest BCUT2D eigenvalue weighted by Crippen LogP contribution is -2.19. The molecule has 0 radical (unpaired) electrons. The number of carbonyl (C=O) groups is 1. The number of allylic oxidation sites excluding steroid dienone is 1. The zero-order valence-electron chi connectivity index (χ0n) is 17.5. The Morgan fingerprint density at radius 3 is 2.27 bits per heavy atom. The monoisotopic (exact) mass is 517 g/mol. The largest absolute Gasteiger partial charge is 0.272 e. The average molecular weight is 518 g/mol. The van der Waals surface area contributed by atoms with Gasteiger partial charge in [-0.3, -0.25) is 9.36 Å². The maximum Gasteiger partial charge on any atom is 0.250 e. The molecule has 6 nitrogen and oxygen atoms in total.